The normalized spacial score (nSPS) is 12.9. The van der Waals surface area contributed by atoms with E-state index < -0.39 is 18.8 Å². The summed E-state index contributed by atoms with van der Waals surface area (Å²) in [7, 11) is 0. The van der Waals surface area contributed by atoms with E-state index in [1.54, 1.807) is 36.0 Å². The first-order valence-electron chi connectivity index (χ1n) is 7.06. The first kappa shape index (κ1) is 19.8. The lowest BCUT2D eigenvalue weighted by atomic mass is 10.1. The second-order valence-corrected chi connectivity index (χ2v) is 6.02. The molecule has 1 rings (SSSR count). The maximum atomic E-state index is 12.0. The Bertz CT molecular complexity index is 481. The van der Waals surface area contributed by atoms with Crippen molar-refractivity contribution in [2.24, 2.45) is 5.73 Å². The van der Waals surface area contributed by atoms with Crippen molar-refractivity contribution in [2.75, 3.05) is 18.6 Å². The largest absolute Gasteiger partial charge is 0.411 e. The Kier molecular flexibility index (Phi) is 8.43. The van der Waals surface area contributed by atoms with E-state index in [0.29, 0.717) is 18.5 Å². The number of carbonyl (C=O) groups is 1. The van der Waals surface area contributed by atoms with Crippen LogP contribution in [0.2, 0.25) is 0 Å². The van der Waals surface area contributed by atoms with Crippen molar-refractivity contribution in [1.29, 1.82) is 0 Å². The number of hydrogen-bond donors (Lipinski definition) is 2. The molecule has 0 fully saturated rings. The SMILES string of the molecule is CSCCC(N)C(=O)NCc1ccc(COCC(F)(F)F)cc1. The lowest BCUT2D eigenvalue weighted by Crippen LogP contribution is -2.40. The summed E-state index contributed by atoms with van der Waals surface area (Å²) in [6, 6.07) is 6.29. The topological polar surface area (TPSA) is 64.4 Å². The zero-order valence-electron chi connectivity index (χ0n) is 12.9. The van der Waals surface area contributed by atoms with Crippen LogP contribution in [0.5, 0.6) is 0 Å². The van der Waals surface area contributed by atoms with Crippen molar-refractivity contribution in [1.82, 2.24) is 5.32 Å². The van der Waals surface area contributed by atoms with Crippen LogP contribution in [0.3, 0.4) is 0 Å². The van der Waals surface area contributed by atoms with Gasteiger partial charge in [0, 0.05) is 6.54 Å². The van der Waals surface area contributed by atoms with E-state index in [2.05, 4.69) is 10.1 Å². The van der Waals surface area contributed by atoms with Gasteiger partial charge in [-0.1, -0.05) is 24.3 Å². The van der Waals surface area contributed by atoms with Crippen molar-refractivity contribution >= 4 is 17.7 Å². The van der Waals surface area contributed by atoms with Gasteiger partial charge >= 0.3 is 6.18 Å². The summed E-state index contributed by atoms with van der Waals surface area (Å²) in [5.74, 6) is 0.609. The summed E-state index contributed by atoms with van der Waals surface area (Å²) in [6.45, 7) is -1.04. The predicted octanol–water partition coefficient (Wildman–Crippen LogP) is 2.46. The molecular weight excluding hydrogens is 329 g/mol. The third-order valence-corrected chi connectivity index (χ3v) is 3.64. The van der Waals surface area contributed by atoms with Crippen LogP contribution in [-0.4, -0.2) is 36.7 Å². The minimum atomic E-state index is -4.32. The van der Waals surface area contributed by atoms with Gasteiger partial charge in [0.2, 0.25) is 5.91 Å². The van der Waals surface area contributed by atoms with Crippen LogP contribution in [0.1, 0.15) is 17.5 Å². The van der Waals surface area contributed by atoms with Gasteiger partial charge < -0.3 is 15.8 Å². The Morgan fingerprint density at radius 2 is 1.91 bits per heavy atom. The van der Waals surface area contributed by atoms with Crippen LogP contribution in [0, 0.1) is 0 Å². The van der Waals surface area contributed by atoms with E-state index in [1.807, 2.05) is 6.26 Å². The highest BCUT2D eigenvalue weighted by atomic mass is 32.2. The molecule has 130 valence electrons. The smallest absolute Gasteiger partial charge is 0.367 e. The number of carbonyl (C=O) groups excluding carboxylic acids is 1. The fourth-order valence-corrected chi connectivity index (χ4v) is 2.22. The summed E-state index contributed by atoms with van der Waals surface area (Å²) in [5.41, 5.74) is 7.23. The van der Waals surface area contributed by atoms with Gasteiger partial charge in [-0.3, -0.25) is 4.79 Å². The van der Waals surface area contributed by atoms with Gasteiger partial charge in [0.25, 0.3) is 0 Å². The second-order valence-electron chi connectivity index (χ2n) is 5.03. The Morgan fingerprint density at radius 3 is 2.48 bits per heavy atom. The van der Waals surface area contributed by atoms with Crippen LogP contribution in [0.4, 0.5) is 13.2 Å². The molecule has 0 saturated heterocycles. The lowest BCUT2D eigenvalue weighted by molar-refractivity contribution is -0.176. The van der Waals surface area contributed by atoms with Gasteiger partial charge in [-0.2, -0.15) is 24.9 Å². The van der Waals surface area contributed by atoms with Crippen LogP contribution in [0.25, 0.3) is 0 Å². The van der Waals surface area contributed by atoms with Crippen LogP contribution in [-0.2, 0) is 22.7 Å². The number of benzene rings is 1. The number of ether oxygens (including phenoxy) is 1. The average Bonchev–Trinajstić information content (AvgIpc) is 2.50. The van der Waals surface area contributed by atoms with Crippen molar-refractivity contribution in [2.45, 2.75) is 31.8 Å². The summed E-state index contributed by atoms with van der Waals surface area (Å²) in [6.07, 6.45) is -1.76. The van der Waals surface area contributed by atoms with E-state index >= 15 is 0 Å². The molecule has 1 aromatic carbocycles. The summed E-state index contributed by atoms with van der Waals surface area (Å²) < 4.78 is 40.5. The fourth-order valence-electron chi connectivity index (χ4n) is 1.73. The summed E-state index contributed by atoms with van der Waals surface area (Å²) in [4.78, 5) is 11.8. The van der Waals surface area contributed by atoms with E-state index in [0.717, 1.165) is 11.3 Å². The molecule has 1 unspecified atom stereocenters. The first-order chi connectivity index (χ1) is 10.8. The zero-order chi connectivity index (χ0) is 17.3. The molecule has 23 heavy (non-hydrogen) atoms. The average molecular weight is 350 g/mol. The molecule has 0 bridgehead atoms. The number of hydrogen-bond acceptors (Lipinski definition) is 4. The number of nitrogens with two attached hydrogens (primary N) is 1. The molecule has 0 aliphatic carbocycles. The van der Waals surface area contributed by atoms with Crippen LogP contribution in [0.15, 0.2) is 24.3 Å². The molecule has 0 saturated carbocycles. The molecule has 1 aromatic rings. The number of thioether (sulfide) groups is 1. The fraction of sp³-hybridized carbons (Fsp3) is 0.533. The third kappa shape index (κ3) is 8.83. The van der Waals surface area contributed by atoms with Gasteiger partial charge in [-0.15, -0.1) is 0 Å². The minimum absolute atomic E-state index is 0.105. The van der Waals surface area contributed by atoms with Gasteiger partial charge in [-0.05, 0) is 29.6 Å². The standard InChI is InChI=1S/C15H21F3N2O2S/c1-23-7-6-13(19)14(21)20-8-11-2-4-12(5-3-11)9-22-10-15(16,17)18/h2-5,13H,6-10,19H2,1H3,(H,20,21). The van der Waals surface area contributed by atoms with Crippen molar-refractivity contribution in [3.8, 4) is 0 Å². The molecule has 0 spiro atoms. The molecule has 1 amide bonds. The minimum Gasteiger partial charge on any atom is -0.367 e. The number of amides is 1. The highest BCUT2D eigenvalue weighted by molar-refractivity contribution is 7.98. The molecule has 0 aliphatic heterocycles. The molecule has 0 radical (unpaired) electrons. The first-order valence-corrected chi connectivity index (χ1v) is 8.46. The number of nitrogens with one attached hydrogen (secondary N) is 1. The zero-order valence-corrected chi connectivity index (χ0v) is 13.7. The van der Waals surface area contributed by atoms with Gasteiger partial charge in [0.05, 0.1) is 12.6 Å². The number of alkyl halides is 3. The van der Waals surface area contributed by atoms with Gasteiger partial charge in [-0.25, -0.2) is 0 Å². The highest BCUT2D eigenvalue weighted by Crippen LogP contribution is 2.15. The van der Waals surface area contributed by atoms with Crippen molar-refractivity contribution in [3.05, 3.63) is 35.4 Å². The van der Waals surface area contributed by atoms with E-state index in [4.69, 9.17) is 5.73 Å². The molecule has 0 heterocycles. The molecule has 3 N–H and O–H groups in total. The van der Waals surface area contributed by atoms with E-state index in [-0.39, 0.29) is 12.5 Å². The highest BCUT2D eigenvalue weighted by Gasteiger charge is 2.27. The maximum Gasteiger partial charge on any atom is 0.411 e. The molecule has 4 nitrogen and oxygen atoms in total. The summed E-state index contributed by atoms with van der Waals surface area (Å²) in [5, 5.41) is 2.74. The van der Waals surface area contributed by atoms with E-state index in [1.165, 1.54) is 0 Å². The van der Waals surface area contributed by atoms with Crippen molar-refractivity contribution < 1.29 is 22.7 Å². The monoisotopic (exact) mass is 350 g/mol. The summed E-state index contributed by atoms with van der Waals surface area (Å²) >= 11 is 1.63. The van der Waals surface area contributed by atoms with E-state index in [9.17, 15) is 18.0 Å². The Hall–Kier alpha value is -1.25. The Balaban J connectivity index is 2.35. The molecule has 1 atom stereocenters. The number of rotatable bonds is 9. The van der Waals surface area contributed by atoms with Gasteiger partial charge in [0.15, 0.2) is 0 Å². The van der Waals surface area contributed by atoms with Crippen LogP contribution < -0.4 is 11.1 Å². The third-order valence-electron chi connectivity index (χ3n) is 2.99. The lowest BCUT2D eigenvalue weighted by Gasteiger charge is -2.12. The predicted molar refractivity (Wildman–Crippen MR) is 85.0 cm³/mol. The molecule has 0 aromatic heterocycles. The Morgan fingerprint density at radius 1 is 1.30 bits per heavy atom. The molecule has 8 heteroatoms. The molecule has 0 aliphatic rings. The van der Waals surface area contributed by atoms with Crippen LogP contribution >= 0.6 is 11.8 Å². The Labute approximate surface area is 138 Å². The van der Waals surface area contributed by atoms with Gasteiger partial charge in [0.1, 0.15) is 6.61 Å². The molecular formula is C15H21F3N2O2S. The number of halogens is 3. The second kappa shape index (κ2) is 9.79. The maximum absolute atomic E-state index is 12.0. The quantitative estimate of drug-likeness (QED) is 0.718. The van der Waals surface area contributed by atoms with Crippen molar-refractivity contribution in [3.63, 3.8) is 0 Å².